The van der Waals surface area contributed by atoms with E-state index in [4.69, 9.17) is 0 Å². The fraction of sp³-hybridized carbons (Fsp3) is 0.579. The summed E-state index contributed by atoms with van der Waals surface area (Å²) in [4.78, 5) is 17.7. The van der Waals surface area contributed by atoms with Crippen molar-refractivity contribution in [3.05, 3.63) is 29.8 Å². The first-order valence-corrected chi connectivity index (χ1v) is 9.17. The molecule has 1 aromatic rings. The number of anilines is 1. The van der Waals surface area contributed by atoms with E-state index >= 15 is 0 Å². The zero-order chi connectivity index (χ0) is 20.0. The van der Waals surface area contributed by atoms with E-state index in [0.717, 1.165) is 6.42 Å². The van der Waals surface area contributed by atoms with E-state index in [0.29, 0.717) is 32.1 Å². The number of para-hydroxylation sites is 1. The molecule has 1 unspecified atom stereocenters. The van der Waals surface area contributed by atoms with Crippen LogP contribution in [-0.2, 0) is 4.79 Å². The molecule has 0 aromatic heterocycles. The first-order valence-electron chi connectivity index (χ1n) is 9.17. The molecular formula is C19H30F2IN5O. The van der Waals surface area contributed by atoms with Crippen LogP contribution in [0.4, 0.5) is 14.5 Å². The van der Waals surface area contributed by atoms with Gasteiger partial charge in [0, 0.05) is 44.7 Å². The average Bonchev–Trinajstić information content (AvgIpc) is 3.04. The van der Waals surface area contributed by atoms with Crippen molar-refractivity contribution in [2.75, 3.05) is 38.1 Å². The molecule has 1 heterocycles. The van der Waals surface area contributed by atoms with Gasteiger partial charge in [-0.2, -0.15) is 0 Å². The number of aliphatic imine (C=N–C) groups is 1. The van der Waals surface area contributed by atoms with Crippen LogP contribution in [0.2, 0.25) is 0 Å². The van der Waals surface area contributed by atoms with E-state index in [1.54, 1.807) is 11.9 Å². The third kappa shape index (κ3) is 6.75. The van der Waals surface area contributed by atoms with Crippen molar-refractivity contribution in [2.45, 2.75) is 33.2 Å². The van der Waals surface area contributed by atoms with Gasteiger partial charge in [0.15, 0.2) is 5.96 Å². The molecule has 1 aliphatic rings. The van der Waals surface area contributed by atoms with Gasteiger partial charge in [-0.05, 0) is 18.6 Å². The first-order chi connectivity index (χ1) is 12.7. The van der Waals surface area contributed by atoms with Gasteiger partial charge < -0.3 is 20.9 Å². The fourth-order valence-electron chi connectivity index (χ4n) is 2.88. The molecule has 28 heavy (non-hydrogen) atoms. The lowest BCUT2D eigenvalue weighted by atomic mass is 9.96. The van der Waals surface area contributed by atoms with Crippen LogP contribution in [0.3, 0.4) is 0 Å². The Balaban J connectivity index is 0.00000392. The van der Waals surface area contributed by atoms with Crippen LogP contribution in [0.15, 0.2) is 23.2 Å². The SMILES string of the molecule is CN=C(NCCNC(=O)C(C)(C)C)NC1CCN(c2c(F)cccc2F)C1.I. The third-order valence-corrected chi connectivity index (χ3v) is 4.39. The summed E-state index contributed by atoms with van der Waals surface area (Å²) in [7, 11) is 1.66. The number of carbonyl (C=O) groups is 1. The molecule has 9 heteroatoms. The Bertz CT molecular complexity index is 673. The molecule has 1 saturated heterocycles. The molecule has 1 fully saturated rings. The van der Waals surface area contributed by atoms with Crippen molar-refractivity contribution in [2.24, 2.45) is 10.4 Å². The second-order valence-corrected chi connectivity index (χ2v) is 7.65. The van der Waals surface area contributed by atoms with E-state index in [1.165, 1.54) is 18.2 Å². The van der Waals surface area contributed by atoms with E-state index in [2.05, 4.69) is 20.9 Å². The summed E-state index contributed by atoms with van der Waals surface area (Å²) in [6.45, 7) is 7.64. The largest absolute Gasteiger partial charge is 0.365 e. The molecule has 158 valence electrons. The molecular weight excluding hydrogens is 479 g/mol. The third-order valence-electron chi connectivity index (χ3n) is 4.39. The van der Waals surface area contributed by atoms with Gasteiger partial charge in [-0.15, -0.1) is 24.0 Å². The number of guanidine groups is 1. The number of amides is 1. The monoisotopic (exact) mass is 509 g/mol. The van der Waals surface area contributed by atoms with E-state index in [1.807, 2.05) is 20.8 Å². The van der Waals surface area contributed by atoms with Crippen molar-refractivity contribution in [1.82, 2.24) is 16.0 Å². The molecule has 0 radical (unpaired) electrons. The van der Waals surface area contributed by atoms with Crippen molar-refractivity contribution >= 4 is 41.5 Å². The number of halogens is 3. The summed E-state index contributed by atoms with van der Waals surface area (Å²) in [6, 6.07) is 3.93. The van der Waals surface area contributed by atoms with Crippen LogP contribution in [0, 0.1) is 17.0 Å². The van der Waals surface area contributed by atoms with E-state index in [9.17, 15) is 13.6 Å². The lowest BCUT2D eigenvalue weighted by molar-refractivity contribution is -0.128. The number of carbonyl (C=O) groups excluding carboxylic acids is 1. The van der Waals surface area contributed by atoms with Gasteiger partial charge in [-0.25, -0.2) is 8.78 Å². The molecule has 0 saturated carbocycles. The minimum Gasteiger partial charge on any atom is -0.365 e. The number of nitrogens with zero attached hydrogens (tertiary/aromatic N) is 2. The second kappa shape index (κ2) is 10.8. The van der Waals surface area contributed by atoms with Crippen molar-refractivity contribution in [3.8, 4) is 0 Å². The van der Waals surface area contributed by atoms with Crippen LogP contribution >= 0.6 is 24.0 Å². The van der Waals surface area contributed by atoms with Gasteiger partial charge in [-0.1, -0.05) is 26.8 Å². The molecule has 0 aliphatic carbocycles. The molecule has 0 spiro atoms. The Morgan fingerprint density at radius 1 is 1.21 bits per heavy atom. The zero-order valence-corrected chi connectivity index (χ0v) is 19.1. The molecule has 1 atom stereocenters. The first kappa shape index (κ1) is 24.4. The van der Waals surface area contributed by atoms with Crippen molar-refractivity contribution in [1.29, 1.82) is 0 Å². The van der Waals surface area contributed by atoms with Crippen LogP contribution in [0.5, 0.6) is 0 Å². The smallest absolute Gasteiger partial charge is 0.225 e. The summed E-state index contributed by atoms with van der Waals surface area (Å²) < 4.78 is 27.9. The highest BCUT2D eigenvalue weighted by Gasteiger charge is 2.27. The highest BCUT2D eigenvalue weighted by molar-refractivity contribution is 14.0. The fourth-order valence-corrected chi connectivity index (χ4v) is 2.88. The summed E-state index contributed by atoms with van der Waals surface area (Å²) in [6.07, 6.45) is 0.745. The number of hydrogen-bond donors (Lipinski definition) is 3. The lowest BCUT2D eigenvalue weighted by Crippen LogP contribution is -2.47. The zero-order valence-electron chi connectivity index (χ0n) is 16.8. The Morgan fingerprint density at radius 3 is 2.39 bits per heavy atom. The highest BCUT2D eigenvalue weighted by Crippen LogP contribution is 2.26. The van der Waals surface area contributed by atoms with E-state index < -0.39 is 17.0 Å². The van der Waals surface area contributed by atoms with Crippen LogP contribution in [-0.4, -0.2) is 51.1 Å². The average molecular weight is 509 g/mol. The lowest BCUT2D eigenvalue weighted by Gasteiger charge is -2.21. The Morgan fingerprint density at radius 2 is 1.82 bits per heavy atom. The van der Waals surface area contributed by atoms with Gasteiger partial charge in [-0.3, -0.25) is 9.79 Å². The summed E-state index contributed by atoms with van der Waals surface area (Å²) >= 11 is 0. The standard InChI is InChI=1S/C19H29F2N5O.HI/c1-19(2,3)17(27)23-9-10-24-18(22-4)25-13-8-11-26(12-13)16-14(20)6-5-7-15(16)21;/h5-7,13H,8-12H2,1-4H3,(H,23,27)(H2,22,24,25);1H. The maximum atomic E-state index is 13.9. The molecule has 6 nitrogen and oxygen atoms in total. The van der Waals surface area contributed by atoms with Gasteiger partial charge in [0.05, 0.1) is 0 Å². The maximum Gasteiger partial charge on any atom is 0.225 e. The predicted octanol–water partition coefficient (Wildman–Crippen LogP) is 2.49. The van der Waals surface area contributed by atoms with Crippen molar-refractivity contribution in [3.63, 3.8) is 0 Å². The summed E-state index contributed by atoms with van der Waals surface area (Å²) in [5, 5.41) is 9.26. The number of hydrogen-bond acceptors (Lipinski definition) is 3. The maximum absolute atomic E-state index is 13.9. The summed E-state index contributed by atoms with van der Waals surface area (Å²) in [5.74, 6) is -0.507. The minimum atomic E-state index is -0.548. The Hall–Kier alpha value is -1.65. The number of benzene rings is 1. The molecule has 3 N–H and O–H groups in total. The predicted molar refractivity (Wildman–Crippen MR) is 119 cm³/mol. The minimum absolute atomic E-state index is 0. The summed E-state index contributed by atoms with van der Waals surface area (Å²) in [5.41, 5.74) is -0.399. The topological polar surface area (TPSA) is 68.8 Å². The van der Waals surface area contributed by atoms with Gasteiger partial charge >= 0.3 is 0 Å². The number of nitrogens with one attached hydrogen (secondary N) is 3. The molecule has 0 bridgehead atoms. The van der Waals surface area contributed by atoms with Crippen LogP contribution in [0.25, 0.3) is 0 Å². The normalized spacial score (nSPS) is 17.1. The van der Waals surface area contributed by atoms with Crippen LogP contribution in [0.1, 0.15) is 27.2 Å². The molecule has 1 aliphatic heterocycles. The van der Waals surface area contributed by atoms with Gasteiger partial charge in [0.2, 0.25) is 5.91 Å². The van der Waals surface area contributed by atoms with Gasteiger partial charge in [0.1, 0.15) is 17.3 Å². The van der Waals surface area contributed by atoms with Crippen LogP contribution < -0.4 is 20.9 Å². The quantitative estimate of drug-likeness (QED) is 0.247. The molecule has 2 rings (SSSR count). The highest BCUT2D eigenvalue weighted by atomic mass is 127. The van der Waals surface area contributed by atoms with E-state index in [-0.39, 0.29) is 41.6 Å². The number of rotatable bonds is 5. The molecule has 1 amide bonds. The van der Waals surface area contributed by atoms with Gasteiger partial charge in [0.25, 0.3) is 0 Å². The van der Waals surface area contributed by atoms with Crippen molar-refractivity contribution < 1.29 is 13.6 Å². The second-order valence-electron chi connectivity index (χ2n) is 7.65. The Kier molecular flexibility index (Phi) is 9.38. The Labute approximate surface area is 182 Å². The molecule has 1 aromatic carbocycles.